The molecular formula is C25H23FN8O4. The molecule has 13 heteroatoms. The quantitative estimate of drug-likeness (QED) is 0.226. The highest BCUT2D eigenvalue weighted by molar-refractivity contribution is 5.97. The fourth-order valence-electron chi connectivity index (χ4n) is 3.91. The monoisotopic (exact) mass is 518 g/mol. The summed E-state index contributed by atoms with van der Waals surface area (Å²) in [7, 11) is 0. The van der Waals surface area contributed by atoms with Gasteiger partial charge in [0, 0.05) is 18.7 Å². The van der Waals surface area contributed by atoms with E-state index in [9.17, 15) is 19.5 Å². The van der Waals surface area contributed by atoms with Crippen LogP contribution >= 0.6 is 0 Å². The Morgan fingerprint density at radius 2 is 2.08 bits per heavy atom. The summed E-state index contributed by atoms with van der Waals surface area (Å²) >= 11 is 0. The Kier molecular flexibility index (Phi) is 7.72. The molecule has 2 aromatic heterocycles. The average molecular weight is 519 g/mol. The molecule has 2 heterocycles. The van der Waals surface area contributed by atoms with E-state index in [0.717, 1.165) is 11.6 Å². The van der Waals surface area contributed by atoms with Crippen molar-refractivity contribution in [2.45, 2.75) is 32.4 Å². The van der Waals surface area contributed by atoms with Crippen LogP contribution in [-0.2, 0) is 17.8 Å². The second kappa shape index (κ2) is 11.3. The summed E-state index contributed by atoms with van der Waals surface area (Å²) < 4.78 is 15.0. The average Bonchev–Trinajstić information content (AvgIpc) is 3.40. The lowest BCUT2D eigenvalue weighted by atomic mass is 10.1. The zero-order valence-electron chi connectivity index (χ0n) is 20.2. The first-order valence-corrected chi connectivity index (χ1v) is 11.5. The molecule has 0 bridgehead atoms. The molecule has 0 radical (unpaired) electrons. The molecule has 0 spiro atoms. The van der Waals surface area contributed by atoms with Crippen molar-refractivity contribution >= 4 is 28.5 Å². The molecule has 4 N–H and O–H groups in total. The van der Waals surface area contributed by atoms with Gasteiger partial charge in [-0.1, -0.05) is 12.0 Å². The number of carbonyl (C=O) groups excluding carboxylic acids is 1. The first-order chi connectivity index (χ1) is 18.2. The number of aliphatic carboxylic acids is 1. The molecule has 4 aromatic rings. The SMILES string of the molecule is C#CCN(Cc1ccc2nc(C)[nH]c(=O)c2c1)c1ccc(C(=O)N[C@@H](CCc2nnn[nH]2)C(=O)O)c(F)c1. The van der Waals surface area contributed by atoms with Crippen LogP contribution < -0.4 is 15.8 Å². The highest BCUT2D eigenvalue weighted by Gasteiger charge is 2.23. The number of rotatable bonds is 10. The first kappa shape index (κ1) is 26.0. The number of tetrazole rings is 1. The molecule has 12 nitrogen and oxygen atoms in total. The third-order valence-corrected chi connectivity index (χ3v) is 5.77. The lowest BCUT2D eigenvalue weighted by Gasteiger charge is -2.23. The van der Waals surface area contributed by atoms with Crippen LogP contribution in [0.3, 0.4) is 0 Å². The number of carboxylic acid groups (broad SMARTS) is 1. The second-order valence-corrected chi connectivity index (χ2v) is 8.48. The van der Waals surface area contributed by atoms with E-state index in [0.29, 0.717) is 28.2 Å². The highest BCUT2D eigenvalue weighted by Crippen LogP contribution is 2.22. The minimum Gasteiger partial charge on any atom is -0.480 e. The van der Waals surface area contributed by atoms with E-state index < -0.39 is 23.7 Å². The predicted molar refractivity (Wildman–Crippen MR) is 135 cm³/mol. The predicted octanol–water partition coefficient (Wildman–Crippen LogP) is 1.34. The van der Waals surface area contributed by atoms with Gasteiger partial charge in [-0.05, 0) is 59.7 Å². The lowest BCUT2D eigenvalue weighted by molar-refractivity contribution is -0.139. The molecule has 0 aliphatic heterocycles. The van der Waals surface area contributed by atoms with Crippen LogP contribution in [0.15, 0.2) is 41.2 Å². The highest BCUT2D eigenvalue weighted by atomic mass is 19.1. The maximum absolute atomic E-state index is 15.0. The molecule has 2 aromatic carbocycles. The van der Waals surface area contributed by atoms with E-state index in [4.69, 9.17) is 6.42 Å². The van der Waals surface area contributed by atoms with Crippen LogP contribution in [0.4, 0.5) is 10.1 Å². The van der Waals surface area contributed by atoms with Gasteiger partial charge >= 0.3 is 5.97 Å². The summed E-state index contributed by atoms with van der Waals surface area (Å²) in [5.74, 6) is 0.389. The van der Waals surface area contributed by atoms with Crippen molar-refractivity contribution in [2.75, 3.05) is 11.4 Å². The molecule has 0 unspecified atom stereocenters. The van der Waals surface area contributed by atoms with Gasteiger partial charge in [-0.2, -0.15) is 0 Å². The van der Waals surface area contributed by atoms with Crippen molar-refractivity contribution in [3.8, 4) is 12.3 Å². The molecular weight excluding hydrogens is 495 g/mol. The summed E-state index contributed by atoms with van der Waals surface area (Å²) in [6, 6.07) is 7.89. The van der Waals surface area contributed by atoms with Crippen molar-refractivity contribution in [1.29, 1.82) is 0 Å². The number of carboxylic acids is 1. The van der Waals surface area contributed by atoms with Gasteiger partial charge in [0.05, 0.1) is 23.0 Å². The Morgan fingerprint density at radius 3 is 2.76 bits per heavy atom. The summed E-state index contributed by atoms with van der Waals surface area (Å²) in [6.45, 7) is 2.08. The number of amides is 1. The number of nitrogens with one attached hydrogen (secondary N) is 3. The van der Waals surface area contributed by atoms with Gasteiger partial charge in [0.2, 0.25) is 0 Å². The number of carbonyl (C=O) groups is 2. The van der Waals surface area contributed by atoms with Crippen molar-refractivity contribution in [2.24, 2.45) is 0 Å². The molecule has 1 atom stereocenters. The number of hydrogen-bond donors (Lipinski definition) is 4. The van der Waals surface area contributed by atoms with E-state index in [2.05, 4.69) is 41.8 Å². The van der Waals surface area contributed by atoms with Gasteiger partial charge in [-0.15, -0.1) is 11.5 Å². The molecule has 0 aliphatic carbocycles. The van der Waals surface area contributed by atoms with Gasteiger partial charge in [-0.25, -0.2) is 19.3 Å². The number of halogens is 1. The normalized spacial score (nSPS) is 11.6. The number of H-pyrrole nitrogens is 2. The molecule has 0 fully saturated rings. The summed E-state index contributed by atoms with van der Waals surface area (Å²) in [4.78, 5) is 45.3. The molecule has 0 aliphatic rings. The number of anilines is 1. The van der Waals surface area contributed by atoms with Crippen LogP contribution in [0.2, 0.25) is 0 Å². The molecule has 4 rings (SSSR count). The number of nitrogens with zero attached hydrogens (tertiary/aromatic N) is 5. The van der Waals surface area contributed by atoms with Crippen LogP contribution in [0.5, 0.6) is 0 Å². The minimum absolute atomic E-state index is 0.00270. The molecule has 0 saturated carbocycles. The second-order valence-electron chi connectivity index (χ2n) is 8.48. The zero-order chi connectivity index (χ0) is 27.2. The van der Waals surface area contributed by atoms with E-state index in [1.165, 1.54) is 12.1 Å². The Hall–Kier alpha value is -5.12. The fraction of sp³-hybridized carbons (Fsp3) is 0.240. The maximum atomic E-state index is 15.0. The fourth-order valence-corrected chi connectivity index (χ4v) is 3.91. The van der Waals surface area contributed by atoms with Crippen LogP contribution in [0.25, 0.3) is 10.9 Å². The number of hydrogen-bond acceptors (Lipinski definition) is 8. The topological polar surface area (TPSA) is 170 Å². The largest absolute Gasteiger partial charge is 0.480 e. The number of aryl methyl sites for hydroxylation is 2. The number of benzene rings is 2. The van der Waals surface area contributed by atoms with E-state index in [-0.39, 0.29) is 37.1 Å². The van der Waals surface area contributed by atoms with E-state index in [1.54, 1.807) is 30.0 Å². The van der Waals surface area contributed by atoms with Crippen molar-refractivity contribution in [1.82, 2.24) is 35.9 Å². The van der Waals surface area contributed by atoms with Crippen LogP contribution in [0, 0.1) is 25.1 Å². The molecule has 38 heavy (non-hydrogen) atoms. The standard InChI is InChI=1S/C25H23FN8O4/c1-3-10-34(13-15-4-7-20-18(11-15)24(36)28-14(2)27-20)16-5-6-17(19(26)12-16)23(35)29-21(25(37)38)8-9-22-30-32-33-31-22/h1,4-7,11-12,21H,8-10,13H2,2H3,(H,29,35)(H,37,38)(H,27,28,36)(H,30,31,32,33)/t21-/m0/s1. The van der Waals surface area contributed by atoms with Gasteiger partial charge in [-0.3, -0.25) is 9.59 Å². The van der Waals surface area contributed by atoms with Gasteiger partial charge < -0.3 is 20.3 Å². The summed E-state index contributed by atoms with van der Waals surface area (Å²) in [5, 5.41) is 25.2. The third kappa shape index (κ3) is 5.98. The van der Waals surface area contributed by atoms with Gasteiger partial charge in [0.1, 0.15) is 23.5 Å². The summed E-state index contributed by atoms with van der Waals surface area (Å²) in [5.41, 5.74) is 1.12. The third-order valence-electron chi connectivity index (χ3n) is 5.77. The molecule has 0 saturated heterocycles. The zero-order valence-corrected chi connectivity index (χ0v) is 20.2. The van der Waals surface area contributed by atoms with Gasteiger partial charge in [0.15, 0.2) is 0 Å². The number of fused-ring (bicyclic) bond motifs is 1. The Morgan fingerprint density at radius 1 is 1.26 bits per heavy atom. The van der Waals surface area contributed by atoms with Crippen molar-refractivity contribution in [3.05, 3.63) is 75.3 Å². The first-order valence-electron chi connectivity index (χ1n) is 11.5. The van der Waals surface area contributed by atoms with Crippen molar-refractivity contribution < 1.29 is 19.1 Å². The van der Waals surface area contributed by atoms with Crippen LogP contribution in [-0.4, -0.2) is 60.2 Å². The van der Waals surface area contributed by atoms with E-state index >= 15 is 4.39 Å². The number of aromatic amines is 2. The molecule has 194 valence electrons. The number of aromatic nitrogens is 6. The minimum atomic E-state index is -1.28. The smallest absolute Gasteiger partial charge is 0.326 e. The summed E-state index contributed by atoms with van der Waals surface area (Å²) in [6.07, 6.45) is 5.70. The van der Waals surface area contributed by atoms with Crippen LogP contribution in [0.1, 0.15) is 34.0 Å². The Balaban J connectivity index is 1.51. The Labute approximate surface area is 215 Å². The number of terminal acetylenes is 1. The van der Waals surface area contributed by atoms with Crippen molar-refractivity contribution in [3.63, 3.8) is 0 Å². The molecule has 1 amide bonds. The Bertz CT molecular complexity index is 1580. The lowest BCUT2D eigenvalue weighted by Crippen LogP contribution is -2.41. The van der Waals surface area contributed by atoms with E-state index in [1.807, 2.05) is 0 Å². The van der Waals surface area contributed by atoms with Gasteiger partial charge in [0.25, 0.3) is 11.5 Å². The maximum Gasteiger partial charge on any atom is 0.326 e.